The van der Waals surface area contributed by atoms with Gasteiger partial charge in [0.05, 0.1) is 11.6 Å². The lowest BCUT2D eigenvalue weighted by Gasteiger charge is -2.28. The summed E-state index contributed by atoms with van der Waals surface area (Å²) in [5.74, 6) is 0. The summed E-state index contributed by atoms with van der Waals surface area (Å²) >= 11 is 0. The molecule has 2 aromatic carbocycles. The monoisotopic (exact) mass is 356 g/mol. The molecular formula is C18H20N4O2S. The van der Waals surface area contributed by atoms with Gasteiger partial charge in [0.2, 0.25) is 0 Å². The molecule has 3 rings (SSSR count). The standard InChI is InChI=1S/C18H20N4O2S/c1-20-25(23,24)22-13-16-9-15(11-19)7-8-18(16)21-12-17(22)10-14-5-3-2-4-6-14/h2-9,17,20-21H,10,12-13H2,1H3/t17-/m1/s1. The fourth-order valence-corrected chi connectivity index (χ4v) is 4.14. The maximum atomic E-state index is 12.6. The van der Waals surface area contributed by atoms with Gasteiger partial charge in [-0.15, -0.1) is 0 Å². The molecule has 25 heavy (non-hydrogen) atoms. The van der Waals surface area contributed by atoms with Gasteiger partial charge in [-0.25, -0.2) is 4.72 Å². The summed E-state index contributed by atoms with van der Waals surface area (Å²) in [6.45, 7) is 0.716. The molecule has 7 heteroatoms. The number of nitriles is 1. The van der Waals surface area contributed by atoms with E-state index in [0.29, 0.717) is 18.5 Å². The molecule has 1 aliphatic heterocycles. The van der Waals surface area contributed by atoms with Gasteiger partial charge >= 0.3 is 0 Å². The van der Waals surface area contributed by atoms with Crippen LogP contribution in [0.5, 0.6) is 0 Å². The lowest BCUT2D eigenvalue weighted by atomic mass is 10.1. The Kier molecular flexibility index (Phi) is 5.04. The Hall–Kier alpha value is -2.40. The van der Waals surface area contributed by atoms with Crippen molar-refractivity contribution in [1.82, 2.24) is 9.03 Å². The number of anilines is 1. The Balaban J connectivity index is 1.97. The summed E-state index contributed by atoms with van der Waals surface area (Å²) in [5.41, 5.74) is 3.26. The summed E-state index contributed by atoms with van der Waals surface area (Å²) in [5, 5.41) is 12.4. The van der Waals surface area contributed by atoms with Crippen molar-refractivity contribution in [2.75, 3.05) is 18.9 Å². The number of hydrogen-bond acceptors (Lipinski definition) is 4. The molecular weight excluding hydrogens is 336 g/mol. The van der Waals surface area contributed by atoms with E-state index in [1.165, 1.54) is 11.4 Å². The minimum atomic E-state index is -3.62. The molecule has 0 spiro atoms. The largest absolute Gasteiger partial charge is 0.383 e. The Bertz CT molecular complexity index is 891. The third kappa shape index (κ3) is 3.82. The summed E-state index contributed by atoms with van der Waals surface area (Å²) < 4.78 is 29.1. The van der Waals surface area contributed by atoms with E-state index in [4.69, 9.17) is 5.26 Å². The van der Waals surface area contributed by atoms with E-state index in [2.05, 4.69) is 16.1 Å². The quantitative estimate of drug-likeness (QED) is 0.876. The highest BCUT2D eigenvalue weighted by Crippen LogP contribution is 2.26. The van der Waals surface area contributed by atoms with Gasteiger partial charge in [-0.1, -0.05) is 30.3 Å². The Labute approximate surface area is 148 Å². The summed E-state index contributed by atoms with van der Waals surface area (Å²) in [6.07, 6.45) is 0.605. The van der Waals surface area contributed by atoms with Crippen LogP contribution in [0.15, 0.2) is 48.5 Å². The van der Waals surface area contributed by atoms with Crippen LogP contribution in [0.4, 0.5) is 5.69 Å². The molecule has 1 heterocycles. The summed E-state index contributed by atoms with van der Waals surface area (Å²) in [6, 6.07) is 17.0. The van der Waals surface area contributed by atoms with Crippen molar-refractivity contribution in [3.8, 4) is 6.07 Å². The third-order valence-corrected chi connectivity index (χ3v) is 5.94. The first-order chi connectivity index (χ1) is 12.0. The maximum Gasteiger partial charge on any atom is 0.279 e. The topological polar surface area (TPSA) is 85.2 Å². The number of rotatable bonds is 4. The van der Waals surface area contributed by atoms with E-state index in [1.807, 2.05) is 36.4 Å². The number of benzene rings is 2. The van der Waals surface area contributed by atoms with Gasteiger partial charge in [-0.2, -0.15) is 18.0 Å². The van der Waals surface area contributed by atoms with Crippen molar-refractivity contribution >= 4 is 15.9 Å². The van der Waals surface area contributed by atoms with Crippen LogP contribution in [0.3, 0.4) is 0 Å². The van der Waals surface area contributed by atoms with Gasteiger partial charge in [-0.05, 0) is 35.7 Å². The smallest absolute Gasteiger partial charge is 0.279 e. The molecule has 2 N–H and O–H groups in total. The van der Waals surface area contributed by atoms with E-state index in [-0.39, 0.29) is 12.6 Å². The molecule has 2 aromatic rings. The van der Waals surface area contributed by atoms with Crippen LogP contribution in [0, 0.1) is 11.3 Å². The molecule has 0 saturated carbocycles. The summed E-state index contributed by atoms with van der Waals surface area (Å²) in [7, 11) is -2.20. The van der Waals surface area contributed by atoms with E-state index < -0.39 is 10.2 Å². The molecule has 130 valence electrons. The number of nitrogens with one attached hydrogen (secondary N) is 2. The van der Waals surface area contributed by atoms with Gasteiger partial charge in [0.25, 0.3) is 10.2 Å². The molecule has 0 radical (unpaired) electrons. The second-order valence-electron chi connectivity index (χ2n) is 5.96. The Morgan fingerprint density at radius 2 is 2.04 bits per heavy atom. The molecule has 6 nitrogen and oxygen atoms in total. The van der Waals surface area contributed by atoms with Crippen LogP contribution >= 0.6 is 0 Å². The predicted molar refractivity (Wildman–Crippen MR) is 97.1 cm³/mol. The van der Waals surface area contributed by atoms with Gasteiger partial charge in [-0.3, -0.25) is 0 Å². The van der Waals surface area contributed by atoms with E-state index in [9.17, 15) is 8.42 Å². The number of nitrogens with zero attached hydrogens (tertiary/aromatic N) is 2. The first kappa shape index (κ1) is 17.4. The van der Waals surface area contributed by atoms with Gasteiger partial charge in [0.15, 0.2) is 0 Å². The van der Waals surface area contributed by atoms with Crippen LogP contribution < -0.4 is 10.0 Å². The second kappa shape index (κ2) is 7.23. The zero-order valence-electron chi connectivity index (χ0n) is 13.9. The fraction of sp³-hybridized carbons (Fsp3) is 0.278. The summed E-state index contributed by atoms with van der Waals surface area (Å²) in [4.78, 5) is 0. The molecule has 0 amide bonds. The predicted octanol–water partition coefficient (Wildman–Crippen LogP) is 1.86. The lowest BCUT2D eigenvalue weighted by Crippen LogP contribution is -2.47. The molecule has 1 atom stereocenters. The van der Waals surface area contributed by atoms with Gasteiger partial charge in [0.1, 0.15) is 0 Å². The zero-order valence-corrected chi connectivity index (χ0v) is 14.8. The first-order valence-corrected chi connectivity index (χ1v) is 9.48. The Morgan fingerprint density at radius 3 is 2.72 bits per heavy atom. The minimum Gasteiger partial charge on any atom is -0.383 e. The van der Waals surface area contributed by atoms with E-state index in [1.54, 1.807) is 12.1 Å². The fourth-order valence-electron chi connectivity index (χ4n) is 3.05. The van der Waals surface area contributed by atoms with Crippen molar-refractivity contribution in [3.05, 3.63) is 65.2 Å². The highest BCUT2D eigenvalue weighted by molar-refractivity contribution is 7.87. The highest BCUT2D eigenvalue weighted by atomic mass is 32.2. The van der Waals surface area contributed by atoms with Crippen LogP contribution in [0.1, 0.15) is 16.7 Å². The van der Waals surface area contributed by atoms with Crippen LogP contribution in [-0.4, -0.2) is 32.4 Å². The normalized spacial score (nSPS) is 17.8. The minimum absolute atomic E-state index is 0.221. The molecule has 0 fully saturated rings. The SMILES string of the molecule is CNS(=O)(=O)N1Cc2cc(C#N)ccc2NC[C@H]1Cc1ccccc1. The maximum absolute atomic E-state index is 12.6. The molecule has 1 aliphatic rings. The van der Waals surface area contributed by atoms with Crippen molar-refractivity contribution in [3.63, 3.8) is 0 Å². The number of hydrogen-bond donors (Lipinski definition) is 2. The van der Waals surface area contributed by atoms with E-state index >= 15 is 0 Å². The zero-order chi connectivity index (χ0) is 17.9. The second-order valence-corrected chi connectivity index (χ2v) is 7.79. The Morgan fingerprint density at radius 1 is 1.28 bits per heavy atom. The lowest BCUT2D eigenvalue weighted by molar-refractivity contribution is 0.322. The number of fused-ring (bicyclic) bond motifs is 1. The van der Waals surface area contributed by atoms with Crippen molar-refractivity contribution < 1.29 is 8.42 Å². The van der Waals surface area contributed by atoms with Crippen LogP contribution in [-0.2, 0) is 23.2 Å². The van der Waals surface area contributed by atoms with Crippen molar-refractivity contribution in [1.29, 1.82) is 5.26 Å². The van der Waals surface area contributed by atoms with Gasteiger partial charge < -0.3 is 5.32 Å². The van der Waals surface area contributed by atoms with Crippen LogP contribution in [0.25, 0.3) is 0 Å². The average molecular weight is 356 g/mol. The molecule has 0 aliphatic carbocycles. The molecule has 0 saturated heterocycles. The van der Waals surface area contributed by atoms with E-state index in [0.717, 1.165) is 16.8 Å². The average Bonchev–Trinajstić information content (AvgIpc) is 2.82. The van der Waals surface area contributed by atoms with Gasteiger partial charge in [0, 0.05) is 31.9 Å². The molecule has 0 bridgehead atoms. The molecule has 0 unspecified atom stereocenters. The molecule has 0 aromatic heterocycles. The van der Waals surface area contributed by atoms with Crippen molar-refractivity contribution in [2.45, 2.75) is 19.0 Å². The van der Waals surface area contributed by atoms with Crippen LogP contribution in [0.2, 0.25) is 0 Å². The van der Waals surface area contributed by atoms with Crippen molar-refractivity contribution in [2.24, 2.45) is 0 Å². The highest BCUT2D eigenvalue weighted by Gasteiger charge is 2.32. The third-order valence-electron chi connectivity index (χ3n) is 4.38. The first-order valence-electron chi connectivity index (χ1n) is 8.04.